The Labute approximate surface area is 132 Å². The van der Waals surface area contributed by atoms with Crippen LogP contribution in [0.4, 0.5) is 4.39 Å². The minimum atomic E-state index is -0.338. The zero-order chi connectivity index (χ0) is 15.8. The van der Waals surface area contributed by atoms with Gasteiger partial charge in [-0.1, -0.05) is 23.4 Å². The summed E-state index contributed by atoms with van der Waals surface area (Å²) in [5.41, 5.74) is 1.36. The van der Waals surface area contributed by atoms with Gasteiger partial charge in [0.05, 0.1) is 37.1 Å². The third-order valence-corrected chi connectivity index (χ3v) is 4.58. The summed E-state index contributed by atoms with van der Waals surface area (Å²) in [6, 6.07) is 6.39. The number of piperidine rings is 1. The van der Waals surface area contributed by atoms with Gasteiger partial charge in [0.1, 0.15) is 5.82 Å². The molecule has 1 aromatic heterocycles. The molecule has 1 fully saturated rings. The van der Waals surface area contributed by atoms with E-state index in [4.69, 9.17) is 4.74 Å². The molecule has 0 saturated carbocycles. The molecule has 1 aromatic carbocycles. The quantitative estimate of drug-likeness (QED) is 0.839. The van der Waals surface area contributed by atoms with Crippen molar-refractivity contribution in [3.63, 3.8) is 0 Å². The minimum Gasteiger partial charge on any atom is -0.370 e. The number of ether oxygens (including phenoxy) is 1. The summed E-state index contributed by atoms with van der Waals surface area (Å²) in [6.07, 6.45) is 2.58. The van der Waals surface area contributed by atoms with Crippen molar-refractivity contribution in [2.24, 2.45) is 0 Å². The molecular formula is C16H17FN4O2. The summed E-state index contributed by atoms with van der Waals surface area (Å²) in [5.74, 6) is -0.406. The third-order valence-electron chi connectivity index (χ3n) is 4.58. The maximum Gasteiger partial charge on any atom is 0.227 e. The van der Waals surface area contributed by atoms with Crippen LogP contribution in [-0.4, -0.2) is 45.0 Å². The van der Waals surface area contributed by atoms with E-state index in [2.05, 4.69) is 10.3 Å². The molecule has 0 N–H and O–H groups in total. The monoisotopic (exact) mass is 316 g/mol. The molecule has 0 bridgehead atoms. The summed E-state index contributed by atoms with van der Waals surface area (Å²) in [5, 5.41) is 8.05. The van der Waals surface area contributed by atoms with Crippen molar-refractivity contribution in [2.45, 2.75) is 31.6 Å². The Morgan fingerprint density at radius 1 is 1.39 bits per heavy atom. The summed E-state index contributed by atoms with van der Waals surface area (Å²) in [6.45, 7) is 1.66. The molecule has 1 saturated heterocycles. The molecule has 2 atom stereocenters. The van der Waals surface area contributed by atoms with Crippen LogP contribution in [0.1, 0.15) is 23.7 Å². The van der Waals surface area contributed by atoms with E-state index in [-0.39, 0.29) is 30.3 Å². The first-order chi connectivity index (χ1) is 11.2. The lowest BCUT2D eigenvalue weighted by Gasteiger charge is -2.41. The lowest BCUT2D eigenvalue weighted by atomic mass is 9.99. The fourth-order valence-electron chi connectivity index (χ4n) is 3.32. The molecular weight excluding hydrogens is 299 g/mol. The Bertz CT molecular complexity index is 732. The number of fused-ring (bicyclic) bond motifs is 3. The molecule has 7 heteroatoms. The average molecular weight is 316 g/mol. The van der Waals surface area contributed by atoms with Crippen molar-refractivity contribution in [2.75, 3.05) is 13.1 Å². The Balaban J connectivity index is 1.49. The summed E-state index contributed by atoms with van der Waals surface area (Å²) in [7, 11) is 0. The Morgan fingerprint density at radius 3 is 3.13 bits per heavy atom. The van der Waals surface area contributed by atoms with E-state index in [1.165, 1.54) is 6.07 Å². The number of benzene rings is 1. The SMILES string of the molecule is O=C(Cc1ccccc1F)N1CCC2OCc3cnnn3C2C1. The van der Waals surface area contributed by atoms with Crippen molar-refractivity contribution in [3.05, 3.63) is 47.5 Å². The maximum absolute atomic E-state index is 13.7. The number of amides is 1. The number of aromatic nitrogens is 3. The highest BCUT2D eigenvalue weighted by Gasteiger charge is 2.37. The van der Waals surface area contributed by atoms with E-state index in [0.29, 0.717) is 25.3 Å². The van der Waals surface area contributed by atoms with Gasteiger partial charge in [-0.25, -0.2) is 9.07 Å². The van der Waals surface area contributed by atoms with Gasteiger partial charge in [0.15, 0.2) is 0 Å². The average Bonchev–Trinajstić information content (AvgIpc) is 3.05. The second-order valence-corrected chi connectivity index (χ2v) is 5.98. The van der Waals surface area contributed by atoms with Gasteiger partial charge in [0.2, 0.25) is 5.91 Å². The number of carbonyl (C=O) groups excluding carboxylic acids is 1. The van der Waals surface area contributed by atoms with Crippen molar-refractivity contribution in [1.29, 1.82) is 0 Å². The first-order valence-electron chi connectivity index (χ1n) is 7.74. The molecule has 0 aliphatic carbocycles. The van der Waals surface area contributed by atoms with Gasteiger partial charge in [-0.2, -0.15) is 0 Å². The fraction of sp³-hybridized carbons (Fsp3) is 0.438. The highest BCUT2D eigenvalue weighted by Crippen LogP contribution is 2.30. The topological polar surface area (TPSA) is 60.3 Å². The summed E-state index contributed by atoms with van der Waals surface area (Å²) >= 11 is 0. The minimum absolute atomic E-state index is 0.0143. The molecule has 23 heavy (non-hydrogen) atoms. The third kappa shape index (κ3) is 2.61. The molecule has 0 radical (unpaired) electrons. The van der Waals surface area contributed by atoms with Crippen molar-refractivity contribution < 1.29 is 13.9 Å². The highest BCUT2D eigenvalue weighted by atomic mass is 19.1. The van der Waals surface area contributed by atoms with Crippen LogP contribution in [0, 0.1) is 5.82 Å². The van der Waals surface area contributed by atoms with Gasteiger partial charge in [-0.05, 0) is 18.1 Å². The van der Waals surface area contributed by atoms with Gasteiger partial charge in [-0.3, -0.25) is 4.79 Å². The Morgan fingerprint density at radius 2 is 2.26 bits per heavy atom. The Kier molecular flexibility index (Phi) is 3.57. The molecule has 0 spiro atoms. The van der Waals surface area contributed by atoms with E-state index in [0.717, 1.165) is 12.1 Å². The van der Waals surface area contributed by atoms with Gasteiger partial charge < -0.3 is 9.64 Å². The van der Waals surface area contributed by atoms with E-state index in [1.807, 2.05) is 4.68 Å². The summed E-state index contributed by atoms with van der Waals surface area (Å²) < 4.78 is 21.4. The number of nitrogens with zero attached hydrogens (tertiary/aromatic N) is 4. The van der Waals surface area contributed by atoms with Crippen LogP contribution in [0.15, 0.2) is 30.5 Å². The predicted octanol–water partition coefficient (Wildman–Crippen LogP) is 1.33. The van der Waals surface area contributed by atoms with Gasteiger partial charge >= 0.3 is 0 Å². The van der Waals surface area contributed by atoms with Crippen molar-refractivity contribution in [1.82, 2.24) is 19.9 Å². The number of hydrogen-bond acceptors (Lipinski definition) is 4. The number of likely N-dealkylation sites (tertiary alicyclic amines) is 1. The van der Waals surface area contributed by atoms with Gasteiger partial charge in [-0.15, -0.1) is 5.10 Å². The number of halogens is 1. The van der Waals surface area contributed by atoms with E-state index in [9.17, 15) is 9.18 Å². The van der Waals surface area contributed by atoms with Crippen LogP contribution in [0.5, 0.6) is 0 Å². The zero-order valence-corrected chi connectivity index (χ0v) is 12.6. The molecule has 3 heterocycles. The lowest BCUT2D eigenvalue weighted by molar-refractivity contribution is -0.137. The molecule has 2 unspecified atom stereocenters. The number of rotatable bonds is 2. The van der Waals surface area contributed by atoms with Crippen molar-refractivity contribution >= 4 is 5.91 Å². The highest BCUT2D eigenvalue weighted by molar-refractivity contribution is 5.79. The van der Waals surface area contributed by atoms with E-state index in [1.54, 1.807) is 29.3 Å². The molecule has 2 aromatic rings. The van der Waals surface area contributed by atoms with Crippen LogP contribution < -0.4 is 0 Å². The number of hydrogen-bond donors (Lipinski definition) is 0. The second-order valence-electron chi connectivity index (χ2n) is 5.98. The van der Waals surface area contributed by atoms with E-state index < -0.39 is 0 Å². The largest absolute Gasteiger partial charge is 0.370 e. The molecule has 2 aliphatic heterocycles. The van der Waals surface area contributed by atoms with Crippen LogP contribution >= 0.6 is 0 Å². The first kappa shape index (κ1) is 14.3. The van der Waals surface area contributed by atoms with Crippen LogP contribution in [0.3, 0.4) is 0 Å². The standard InChI is InChI=1S/C16H17FN4O2/c17-13-4-2-1-3-11(13)7-16(22)20-6-5-15-14(9-20)21-12(10-23-15)8-18-19-21/h1-4,8,14-15H,5-7,9-10H2. The Hall–Kier alpha value is -2.28. The van der Waals surface area contributed by atoms with Crippen LogP contribution in [0.25, 0.3) is 0 Å². The molecule has 6 nitrogen and oxygen atoms in total. The smallest absolute Gasteiger partial charge is 0.227 e. The zero-order valence-electron chi connectivity index (χ0n) is 12.6. The van der Waals surface area contributed by atoms with Crippen LogP contribution in [-0.2, 0) is 22.6 Å². The molecule has 120 valence electrons. The van der Waals surface area contributed by atoms with Gasteiger partial charge in [0, 0.05) is 13.1 Å². The fourth-order valence-corrected chi connectivity index (χ4v) is 3.32. The molecule has 2 aliphatic rings. The number of carbonyl (C=O) groups is 1. The van der Waals surface area contributed by atoms with Crippen LogP contribution in [0.2, 0.25) is 0 Å². The molecule has 1 amide bonds. The normalized spacial score (nSPS) is 23.3. The first-order valence-corrected chi connectivity index (χ1v) is 7.74. The van der Waals surface area contributed by atoms with Gasteiger partial charge in [0.25, 0.3) is 0 Å². The summed E-state index contributed by atoms with van der Waals surface area (Å²) in [4.78, 5) is 14.3. The second kappa shape index (κ2) is 5.73. The van der Waals surface area contributed by atoms with Crippen molar-refractivity contribution in [3.8, 4) is 0 Å². The molecule has 4 rings (SSSR count). The lowest BCUT2D eigenvalue weighted by Crippen LogP contribution is -2.50. The maximum atomic E-state index is 13.7. The van der Waals surface area contributed by atoms with E-state index >= 15 is 0 Å². The predicted molar refractivity (Wildman–Crippen MR) is 78.9 cm³/mol.